The summed E-state index contributed by atoms with van der Waals surface area (Å²) in [6.45, 7) is 5.63. The molecule has 0 aliphatic rings. The molecule has 2 aromatic carbocycles. The van der Waals surface area contributed by atoms with Crippen LogP contribution in [-0.4, -0.2) is 46.7 Å². The molecule has 0 heterocycles. The van der Waals surface area contributed by atoms with Crippen LogP contribution in [0.5, 0.6) is 23.0 Å². The Morgan fingerprint density at radius 1 is 0.929 bits per heavy atom. The van der Waals surface area contributed by atoms with Crippen LogP contribution >= 0.6 is 8.58 Å². The Bertz CT molecular complexity index is 780. The van der Waals surface area contributed by atoms with Crippen molar-refractivity contribution >= 4 is 19.4 Å². The van der Waals surface area contributed by atoms with Crippen molar-refractivity contribution in [2.45, 2.75) is 13.8 Å². The summed E-state index contributed by atoms with van der Waals surface area (Å²) in [5, 5.41) is 0.946. The highest BCUT2D eigenvalue weighted by Crippen LogP contribution is 2.38. The minimum Gasteiger partial charge on any atom is -0.496 e. The average Bonchev–Trinajstić information content (AvgIpc) is 2.71. The van der Waals surface area contributed by atoms with Crippen LogP contribution in [-0.2, 0) is 4.74 Å². The van der Waals surface area contributed by atoms with Crippen LogP contribution in [0.1, 0.15) is 22.8 Å². The van der Waals surface area contributed by atoms with E-state index in [0.29, 0.717) is 42.6 Å². The lowest BCUT2D eigenvalue weighted by Crippen LogP contribution is -2.10. The van der Waals surface area contributed by atoms with Crippen LogP contribution in [0.3, 0.4) is 0 Å². The molecule has 7 heteroatoms. The van der Waals surface area contributed by atoms with Crippen LogP contribution in [0.25, 0.3) is 0 Å². The van der Waals surface area contributed by atoms with Crippen molar-refractivity contribution in [3.05, 3.63) is 41.5 Å². The zero-order valence-corrected chi connectivity index (χ0v) is 18.0. The molecule has 0 saturated carbocycles. The Labute approximate surface area is 167 Å². The van der Waals surface area contributed by atoms with Gasteiger partial charge in [0.05, 0.1) is 27.9 Å². The van der Waals surface area contributed by atoms with Gasteiger partial charge in [-0.3, -0.25) is 4.79 Å². The third kappa shape index (κ3) is 5.60. The lowest BCUT2D eigenvalue weighted by molar-refractivity contribution is 0.108. The zero-order chi connectivity index (χ0) is 20.5. The maximum Gasteiger partial charge on any atom is 0.193 e. The zero-order valence-electron chi connectivity index (χ0n) is 17.0. The molecule has 2 rings (SSSR count). The maximum atomic E-state index is 13.0. The molecule has 0 N–H and O–H groups in total. The van der Waals surface area contributed by atoms with Gasteiger partial charge in [0.1, 0.15) is 35.2 Å². The number of hydrogen-bond acceptors (Lipinski definition) is 6. The first-order valence-electron chi connectivity index (χ1n) is 8.96. The van der Waals surface area contributed by atoms with Crippen LogP contribution < -0.4 is 24.3 Å². The Hall–Kier alpha value is -2.30. The Kier molecular flexibility index (Phi) is 8.55. The van der Waals surface area contributed by atoms with E-state index in [9.17, 15) is 4.79 Å². The first-order chi connectivity index (χ1) is 13.5. The summed E-state index contributed by atoms with van der Waals surface area (Å²) in [6.07, 6.45) is 0. The number of aryl methyl sites for hydroxylation is 1. The lowest BCUT2D eigenvalue weighted by atomic mass is 10.2. The molecule has 1 unspecified atom stereocenters. The minimum atomic E-state index is -0.0705. The molecule has 0 spiro atoms. The van der Waals surface area contributed by atoms with E-state index in [1.165, 1.54) is 14.2 Å². The molecule has 1 atom stereocenters. The summed E-state index contributed by atoms with van der Waals surface area (Å²) >= 11 is 0. The average molecular weight is 406 g/mol. The summed E-state index contributed by atoms with van der Waals surface area (Å²) in [5.74, 6) is 2.19. The molecule has 28 heavy (non-hydrogen) atoms. The number of methoxy groups -OCH3 is 3. The van der Waals surface area contributed by atoms with E-state index in [0.717, 1.165) is 16.6 Å². The molecule has 0 fully saturated rings. The second-order valence-corrected chi connectivity index (χ2v) is 7.13. The number of hydrogen-bond donors (Lipinski definition) is 0. The molecule has 6 nitrogen and oxygen atoms in total. The van der Waals surface area contributed by atoms with E-state index in [-0.39, 0.29) is 14.1 Å². The monoisotopic (exact) mass is 406 g/mol. The fourth-order valence-electron chi connectivity index (χ4n) is 2.64. The Morgan fingerprint density at radius 3 is 2.14 bits per heavy atom. The first kappa shape index (κ1) is 22.0. The maximum absolute atomic E-state index is 13.0. The van der Waals surface area contributed by atoms with Gasteiger partial charge in [0, 0.05) is 18.7 Å². The largest absolute Gasteiger partial charge is 0.496 e. The highest BCUT2D eigenvalue weighted by atomic mass is 31.1. The second-order valence-electron chi connectivity index (χ2n) is 5.88. The van der Waals surface area contributed by atoms with Gasteiger partial charge in [0.15, 0.2) is 5.52 Å². The van der Waals surface area contributed by atoms with Gasteiger partial charge in [-0.25, -0.2) is 0 Å². The van der Waals surface area contributed by atoms with E-state index < -0.39 is 0 Å². The quantitative estimate of drug-likeness (QED) is 0.420. The predicted molar refractivity (Wildman–Crippen MR) is 112 cm³/mol. The second kappa shape index (κ2) is 10.9. The van der Waals surface area contributed by atoms with Crippen molar-refractivity contribution in [3.63, 3.8) is 0 Å². The van der Waals surface area contributed by atoms with E-state index >= 15 is 0 Å². The number of carbonyl (C=O) groups is 1. The summed E-state index contributed by atoms with van der Waals surface area (Å²) in [4.78, 5) is 13.0. The van der Waals surface area contributed by atoms with Crippen LogP contribution in [0.4, 0.5) is 0 Å². The van der Waals surface area contributed by atoms with Gasteiger partial charge < -0.3 is 23.7 Å². The number of rotatable bonds is 11. The SMILES string of the molecule is CCOCCOc1ccc(PC(=O)c2c(OC)cc(OC)cc2OC)c(C)c1. The van der Waals surface area contributed by atoms with Crippen LogP contribution in [0, 0.1) is 6.92 Å². The molecule has 0 amide bonds. The fourth-order valence-corrected chi connectivity index (χ4v) is 3.70. The smallest absolute Gasteiger partial charge is 0.193 e. The standard InChI is InChI=1S/C21H27O6P/c1-6-26-9-10-27-15-7-8-19(14(2)11-15)28-21(22)20-17(24-4)12-16(23-3)13-18(20)25-5/h7-8,11-13,28H,6,9-10H2,1-5H3. The molecular weight excluding hydrogens is 379 g/mol. The first-order valence-corrected chi connectivity index (χ1v) is 9.96. The molecule has 0 bridgehead atoms. The van der Waals surface area contributed by atoms with E-state index in [1.807, 2.05) is 32.0 Å². The van der Waals surface area contributed by atoms with Gasteiger partial charge in [0.25, 0.3) is 0 Å². The third-order valence-corrected chi connectivity index (χ3v) is 5.40. The summed E-state index contributed by atoms with van der Waals surface area (Å²) in [7, 11) is 4.53. The Balaban J connectivity index is 2.18. The predicted octanol–water partition coefficient (Wildman–Crippen LogP) is 3.58. The topological polar surface area (TPSA) is 63.2 Å². The van der Waals surface area contributed by atoms with Crippen LogP contribution in [0.15, 0.2) is 30.3 Å². The lowest BCUT2D eigenvalue weighted by Gasteiger charge is -2.15. The number of benzene rings is 2. The van der Waals surface area contributed by atoms with Gasteiger partial charge >= 0.3 is 0 Å². The van der Waals surface area contributed by atoms with Crippen molar-refractivity contribution < 1.29 is 28.5 Å². The van der Waals surface area contributed by atoms with Gasteiger partial charge in [-0.15, -0.1) is 0 Å². The molecule has 2 aromatic rings. The highest BCUT2D eigenvalue weighted by molar-refractivity contribution is 7.66. The van der Waals surface area contributed by atoms with E-state index in [4.69, 9.17) is 23.7 Å². The molecule has 0 aliphatic carbocycles. The van der Waals surface area contributed by atoms with Gasteiger partial charge in [-0.2, -0.15) is 0 Å². The van der Waals surface area contributed by atoms with Gasteiger partial charge in [-0.1, -0.05) is 6.07 Å². The summed E-state index contributed by atoms with van der Waals surface area (Å²) in [6, 6.07) is 9.09. The van der Waals surface area contributed by atoms with Crippen molar-refractivity contribution in [3.8, 4) is 23.0 Å². The van der Waals surface area contributed by atoms with E-state index in [2.05, 4.69) is 0 Å². The van der Waals surface area contributed by atoms with Crippen molar-refractivity contribution in [2.24, 2.45) is 0 Å². The van der Waals surface area contributed by atoms with Gasteiger partial charge in [0.2, 0.25) is 0 Å². The van der Waals surface area contributed by atoms with Crippen molar-refractivity contribution in [1.29, 1.82) is 0 Å². The van der Waals surface area contributed by atoms with Crippen LogP contribution in [0.2, 0.25) is 0 Å². The highest BCUT2D eigenvalue weighted by Gasteiger charge is 2.21. The summed E-state index contributed by atoms with van der Waals surface area (Å²) < 4.78 is 27.0. The molecule has 152 valence electrons. The molecular formula is C21H27O6P. The fraction of sp³-hybridized carbons (Fsp3) is 0.381. The van der Waals surface area contributed by atoms with Crippen molar-refractivity contribution in [2.75, 3.05) is 41.2 Å². The Morgan fingerprint density at radius 2 is 1.61 bits per heavy atom. The molecule has 0 saturated heterocycles. The molecule has 0 aromatic heterocycles. The third-order valence-electron chi connectivity index (χ3n) is 4.09. The van der Waals surface area contributed by atoms with Crippen molar-refractivity contribution in [1.82, 2.24) is 0 Å². The molecule has 0 aliphatic heterocycles. The van der Waals surface area contributed by atoms with E-state index in [1.54, 1.807) is 19.2 Å². The van der Waals surface area contributed by atoms with Gasteiger partial charge in [-0.05, 0) is 45.4 Å². The number of ether oxygens (including phenoxy) is 5. The number of carbonyl (C=O) groups excluding carboxylic acids is 1. The summed E-state index contributed by atoms with van der Waals surface area (Å²) in [5.41, 5.74) is 1.34. The minimum absolute atomic E-state index is 0.0653. The normalized spacial score (nSPS) is 10.9. The molecule has 0 radical (unpaired) electrons.